The van der Waals surface area contributed by atoms with Gasteiger partial charge in [0.25, 0.3) is 0 Å². The molecule has 1 amide bonds. The summed E-state index contributed by atoms with van der Waals surface area (Å²) in [4.78, 5) is 14.0. The van der Waals surface area contributed by atoms with Gasteiger partial charge >= 0.3 is 6.09 Å². The van der Waals surface area contributed by atoms with Crippen molar-refractivity contribution in [1.29, 1.82) is 0 Å². The largest absolute Gasteiger partial charge is 0.508 e. The fraction of sp³-hybridized carbons (Fsp3) is 0.235. The van der Waals surface area contributed by atoms with Crippen molar-refractivity contribution >= 4 is 11.8 Å². The van der Waals surface area contributed by atoms with Crippen LogP contribution in [0.5, 0.6) is 5.75 Å². The van der Waals surface area contributed by atoms with Gasteiger partial charge in [-0.15, -0.1) is 0 Å². The molecule has 4 rings (SSSR count). The standard InChI is InChI=1S/C17H15NO3/c19-13-7-9-14-12(10-13)6-8-15-16(21-17(20)18(14)15)11-4-2-1-3-5-11/h1-5,7,9-10,15-16,19H,6,8H2/t15-,16+/m1/s1. The van der Waals surface area contributed by atoms with Crippen molar-refractivity contribution in [3.63, 3.8) is 0 Å². The molecule has 2 aromatic carbocycles. The number of ether oxygens (including phenoxy) is 1. The maximum absolute atomic E-state index is 12.3. The number of benzene rings is 2. The molecule has 0 radical (unpaired) electrons. The van der Waals surface area contributed by atoms with E-state index >= 15 is 0 Å². The minimum Gasteiger partial charge on any atom is -0.508 e. The quantitative estimate of drug-likeness (QED) is 0.871. The molecule has 0 spiro atoms. The van der Waals surface area contributed by atoms with E-state index in [-0.39, 0.29) is 24.0 Å². The van der Waals surface area contributed by atoms with E-state index in [1.54, 1.807) is 23.1 Å². The molecule has 0 aliphatic carbocycles. The van der Waals surface area contributed by atoms with Gasteiger partial charge in [0.15, 0.2) is 0 Å². The smallest absolute Gasteiger partial charge is 0.415 e. The molecule has 2 atom stereocenters. The summed E-state index contributed by atoms with van der Waals surface area (Å²) in [6.45, 7) is 0. The normalized spacial score (nSPS) is 23.4. The van der Waals surface area contributed by atoms with Crippen LogP contribution in [0, 0.1) is 0 Å². The molecule has 2 aliphatic rings. The average Bonchev–Trinajstić information content (AvgIpc) is 2.85. The van der Waals surface area contributed by atoms with Crippen LogP contribution in [0.2, 0.25) is 0 Å². The summed E-state index contributed by atoms with van der Waals surface area (Å²) in [5, 5.41) is 9.59. The fourth-order valence-corrected chi connectivity index (χ4v) is 3.32. The number of rotatable bonds is 1. The molecule has 1 fully saturated rings. The number of anilines is 1. The highest BCUT2D eigenvalue weighted by molar-refractivity contribution is 5.92. The Hall–Kier alpha value is -2.49. The van der Waals surface area contributed by atoms with Gasteiger partial charge in [-0.1, -0.05) is 30.3 Å². The highest BCUT2D eigenvalue weighted by Gasteiger charge is 2.45. The molecule has 1 N–H and O–H groups in total. The number of carbonyl (C=O) groups is 1. The number of aryl methyl sites for hydroxylation is 1. The number of nitrogens with zero attached hydrogens (tertiary/aromatic N) is 1. The summed E-state index contributed by atoms with van der Waals surface area (Å²) < 4.78 is 5.61. The lowest BCUT2D eigenvalue weighted by molar-refractivity contribution is 0.131. The van der Waals surface area contributed by atoms with Crippen molar-refractivity contribution < 1.29 is 14.6 Å². The fourth-order valence-electron chi connectivity index (χ4n) is 3.32. The first kappa shape index (κ1) is 12.3. The molecule has 0 aromatic heterocycles. The SMILES string of the molecule is O=C1O[C@@H](c2ccccc2)[C@H]2CCc3cc(O)ccc3N12. The minimum absolute atomic E-state index is 0.0249. The van der Waals surface area contributed by atoms with Crippen molar-refractivity contribution in [3.8, 4) is 5.75 Å². The Labute approximate surface area is 122 Å². The molecule has 106 valence electrons. The third-order valence-corrected chi connectivity index (χ3v) is 4.27. The molecule has 2 heterocycles. The van der Waals surface area contributed by atoms with Crippen LogP contribution in [0.4, 0.5) is 10.5 Å². The van der Waals surface area contributed by atoms with Gasteiger partial charge in [-0.25, -0.2) is 4.79 Å². The van der Waals surface area contributed by atoms with Crippen molar-refractivity contribution in [2.45, 2.75) is 25.0 Å². The van der Waals surface area contributed by atoms with Gasteiger partial charge in [0.1, 0.15) is 11.9 Å². The van der Waals surface area contributed by atoms with E-state index in [0.29, 0.717) is 0 Å². The Morgan fingerprint density at radius 2 is 1.95 bits per heavy atom. The molecule has 4 heteroatoms. The first-order valence-electron chi connectivity index (χ1n) is 7.11. The van der Waals surface area contributed by atoms with Crippen LogP contribution in [0.25, 0.3) is 0 Å². The van der Waals surface area contributed by atoms with Gasteiger partial charge < -0.3 is 9.84 Å². The number of amides is 1. The first-order valence-corrected chi connectivity index (χ1v) is 7.11. The van der Waals surface area contributed by atoms with Crippen molar-refractivity contribution in [2.75, 3.05) is 4.90 Å². The molecule has 2 aromatic rings. The average molecular weight is 281 g/mol. The second-order valence-electron chi connectivity index (χ2n) is 5.50. The molecule has 0 saturated carbocycles. The first-order chi connectivity index (χ1) is 10.2. The van der Waals surface area contributed by atoms with Crippen LogP contribution < -0.4 is 4.90 Å². The highest BCUT2D eigenvalue weighted by atomic mass is 16.6. The lowest BCUT2D eigenvalue weighted by atomic mass is 9.91. The number of fused-ring (bicyclic) bond motifs is 3. The Kier molecular flexibility index (Phi) is 2.64. The van der Waals surface area contributed by atoms with Crippen LogP contribution >= 0.6 is 0 Å². The third kappa shape index (κ3) is 1.87. The zero-order chi connectivity index (χ0) is 14.4. The van der Waals surface area contributed by atoms with E-state index < -0.39 is 0 Å². The van der Waals surface area contributed by atoms with Gasteiger partial charge in [0.2, 0.25) is 0 Å². The van der Waals surface area contributed by atoms with Gasteiger partial charge in [-0.05, 0) is 42.2 Å². The Morgan fingerprint density at radius 1 is 1.14 bits per heavy atom. The number of hydrogen-bond acceptors (Lipinski definition) is 3. The van der Waals surface area contributed by atoms with Crippen molar-refractivity contribution in [1.82, 2.24) is 0 Å². The number of hydrogen-bond donors (Lipinski definition) is 1. The minimum atomic E-state index is -0.305. The van der Waals surface area contributed by atoms with Crippen molar-refractivity contribution in [3.05, 3.63) is 59.7 Å². The van der Waals surface area contributed by atoms with E-state index in [0.717, 1.165) is 29.7 Å². The number of aromatic hydroxyl groups is 1. The van der Waals surface area contributed by atoms with Crippen LogP contribution in [0.15, 0.2) is 48.5 Å². The molecule has 1 saturated heterocycles. The molecule has 0 bridgehead atoms. The monoisotopic (exact) mass is 281 g/mol. The predicted molar refractivity (Wildman–Crippen MR) is 78.4 cm³/mol. The lowest BCUT2D eigenvalue weighted by Gasteiger charge is -2.31. The molecule has 2 aliphatic heterocycles. The van der Waals surface area contributed by atoms with Gasteiger partial charge in [-0.3, -0.25) is 4.90 Å². The zero-order valence-corrected chi connectivity index (χ0v) is 11.4. The maximum Gasteiger partial charge on any atom is 0.415 e. The number of phenolic OH excluding ortho intramolecular Hbond substituents is 1. The summed E-state index contributed by atoms with van der Waals surface area (Å²) >= 11 is 0. The van der Waals surface area contributed by atoms with Crippen LogP contribution in [-0.2, 0) is 11.2 Å². The zero-order valence-electron chi connectivity index (χ0n) is 11.4. The van der Waals surface area contributed by atoms with E-state index in [1.807, 2.05) is 30.3 Å². The molecule has 4 nitrogen and oxygen atoms in total. The lowest BCUT2D eigenvalue weighted by Crippen LogP contribution is -2.38. The van der Waals surface area contributed by atoms with Gasteiger partial charge in [0, 0.05) is 0 Å². The van der Waals surface area contributed by atoms with Crippen molar-refractivity contribution in [2.24, 2.45) is 0 Å². The van der Waals surface area contributed by atoms with Crippen LogP contribution in [0.1, 0.15) is 23.7 Å². The van der Waals surface area contributed by atoms with E-state index in [4.69, 9.17) is 4.74 Å². The Bertz CT molecular complexity index is 698. The topological polar surface area (TPSA) is 49.8 Å². The van der Waals surface area contributed by atoms with E-state index in [1.165, 1.54) is 0 Å². The molecular weight excluding hydrogens is 266 g/mol. The number of carbonyl (C=O) groups excluding carboxylic acids is 1. The summed E-state index contributed by atoms with van der Waals surface area (Å²) in [5.74, 6) is 0.236. The van der Waals surface area contributed by atoms with Crippen LogP contribution in [-0.4, -0.2) is 17.2 Å². The second-order valence-corrected chi connectivity index (χ2v) is 5.50. The molecule has 0 unspecified atom stereocenters. The summed E-state index contributed by atoms with van der Waals surface area (Å²) in [6, 6.07) is 15.0. The summed E-state index contributed by atoms with van der Waals surface area (Å²) in [5.41, 5.74) is 2.88. The molecular formula is C17H15NO3. The Balaban J connectivity index is 1.75. The van der Waals surface area contributed by atoms with E-state index in [2.05, 4.69) is 0 Å². The number of cyclic esters (lactones) is 1. The van der Waals surface area contributed by atoms with Crippen LogP contribution in [0.3, 0.4) is 0 Å². The number of phenols is 1. The van der Waals surface area contributed by atoms with E-state index in [9.17, 15) is 9.90 Å². The van der Waals surface area contributed by atoms with Gasteiger partial charge in [0.05, 0.1) is 11.7 Å². The summed E-state index contributed by atoms with van der Waals surface area (Å²) in [6.07, 6.45) is 1.15. The predicted octanol–water partition coefficient (Wildman–Crippen LogP) is 3.40. The summed E-state index contributed by atoms with van der Waals surface area (Å²) in [7, 11) is 0. The molecule has 21 heavy (non-hydrogen) atoms. The Morgan fingerprint density at radius 3 is 2.76 bits per heavy atom. The maximum atomic E-state index is 12.3. The van der Waals surface area contributed by atoms with Gasteiger partial charge in [-0.2, -0.15) is 0 Å². The third-order valence-electron chi connectivity index (χ3n) is 4.27. The highest BCUT2D eigenvalue weighted by Crippen LogP contribution is 2.43. The second kappa shape index (κ2) is 4.52.